The van der Waals surface area contributed by atoms with Gasteiger partial charge in [-0.15, -0.1) is 0 Å². The Bertz CT molecular complexity index is 342. The molecule has 3 aliphatic rings. The fraction of sp³-hybridized carbons (Fsp3) is 0.375. The highest BCUT2D eigenvalue weighted by molar-refractivity contribution is 5.94. The molecule has 1 heterocycles. The minimum absolute atomic E-state index is 0.308. The molecule has 1 fully saturated rings. The second-order valence-corrected chi connectivity index (χ2v) is 3.47. The first-order valence-electron chi connectivity index (χ1n) is 4.03. The lowest BCUT2D eigenvalue weighted by Gasteiger charge is -2.05. The van der Waals surface area contributed by atoms with Crippen molar-refractivity contribution in [2.24, 2.45) is 11.7 Å². The maximum Gasteiger partial charge on any atom is 0.266 e. The Morgan fingerprint density at radius 2 is 2.50 bits per heavy atom. The van der Waals surface area contributed by atoms with Crippen molar-refractivity contribution in [2.45, 2.75) is 12.5 Å². The van der Waals surface area contributed by atoms with E-state index in [0.29, 0.717) is 17.7 Å². The largest absolute Gasteiger partial charge is 0.364 e. The van der Waals surface area contributed by atoms with Crippen molar-refractivity contribution >= 4 is 5.91 Å². The number of rotatable bonds is 1. The predicted octanol–water partition coefficient (Wildman–Crippen LogP) is -0.838. The van der Waals surface area contributed by atoms with Crippen molar-refractivity contribution < 1.29 is 4.79 Å². The molecule has 0 aromatic heterocycles. The number of hydrogen-bond donors (Lipinski definition) is 3. The lowest BCUT2D eigenvalue weighted by molar-refractivity contribution is -0.114. The SMILES string of the molecule is NC(=O)C1=C2C=C3CC3C2NN1. The summed E-state index contributed by atoms with van der Waals surface area (Å²) in [5, 5.41) is 0. The average molecular weight is 163 g/mol. The minimum Gasteiger partial charge on any atom is -0.364 e. The zero-order chi connectivity index (χ0) is 8.29. The molecule has 1 amide bonds. The Balaban J connectivity index is 2.08. The summed E-state index contributed by atoms with van der Waals surface area (Å²) < 4.78 is 0. The number of hydrazine groups is 1. The van der Waals surface area contributed by atoms with Gasteiger partial charge in [-0.2, -0.15) is 0 Å². The van der Waals surface area contributed by atoms with Gasteiger partial charge in [0.05, 0.1) is 6.04 Å². The van der Waals surface area contributed by atoms with E-state index in [0.717, 1.165) is 5.57 Å². The molecule has 0 bridgehead atoms. The van der Waals surface area contributed by atoms with Gasteiger partial charge >= 0.3 is 0 Å². The fourth-order valence-corrected chi connectivity index (χ4v) is 2.03. The number of carbonyl (C=O) groups excluding carboxylic acids is 1. The quantitative estimate of drug-likeness (QED) is 0.472. The third-order valence-electron chi connectivity index (χ3n) is 2.74. The van der Waals surface area contributed by atoms with Gasteiger partial charge in [-0.25, -0.2) is 5.43 Å². The van der Waals surface area contributed by atoms with Crippen LogP contribution in [-0.2, 0) is 4.79 Å². The summed E-state index contributed by atoms with van der Waals surface area (Å²) in [6.45, 7) is 0. The van der Waals surface area contributed by atoms with E-state index in [1.54, 1.807) is 0 Å². The maximum atomic E-state index is 10.9. The Hall–Kier alpha value is -1.29. The Morgan fingerprint density at radius 1 is 1.67 bits per heavy atom. The van der Waals surface area contributed by atoms with E-state index in [2.05, 4.69) is 16.9 Å². The zero-order valence-corrected chi connectivity index (χ0v) is 6.42. The molecule has 0 radical (unpaired) electrons. The molecule has 4 nitrogen and oxygen atoms in total. The van der Waals surface area contributed by atoms with Gasteiger partial charge in [0.15, 0.2) is 0 Å². The van der Waals surface area contributed by atoms with Gasteiger partial charge in [0, 0.05) is 11.5 Å². The van der Waals surface area contributed by atoms with Crippen molar-refractivity contribution in [3.8, 4) is 0 Å². The van der Waals surface area contributed by atoms with Gasteiger partial charge in [0.1, 0.15) is 5.70 Å². The van der Waals surface area contributed by atoms with Crippen molar-refractivity contribution in [1.82, 2.24) is 10.9 Å². The summed E-state index contributed by atoms with van der Waals surface area (Å²) in [5.41, 5.74) is 14.1. The molecule has 0 spiro atoms. The summed E-state index contributed by atoms with van der Waals surface area (Å²) in [4.78, 5) is 10.9. The molecule has 2 atom stereocenters. The fourth-order valence-electron chi connectivity index (χ4n) is 2.03. The number of amides is 1. The van der Waals surface area contributed by atoms with Gasteiger partial charge in [-0.1, -0.05) is 11.6 Å². The van der Waals surface area contributed by atoms with Crippen LogP contribution in [0.3, 0.4) is 0 Å². The second-order valence-electron chi connectivity index (χ2n) is 3.47. The van der Waals surface area contributed by atoms with Crippen LogP contribution in [0.5, 0.6) is 0 Å². The molecule has 12 heavy (non-hydrogen) atoms. The minimum atomic E-state index is -0.377. The van der Waals surface area contributed by atoms with Crippen LogP contribution in [0.1, 0.15) is 6.42 Å². The number of nitrogens with one attached hydrogen (secondary N) is 2. The van der Waals surface area contributed by atoms with E-state index in [9.17, 15) is 4.79 Å². The van der Waals surface area contributed by atoms with Crippen LogP contribution in [0.2, 0.25) is 0 Å². The van der Waals surface area contributed by atoms with E-state index in [1.807, 2.05) is 0 Å². The van der Waals surface area contributed by atoms with Crippen LogP contribution < -0.4 is 16.6 Å². The van der Waals surface area contributed by atoms with Crippen LogP contribution in [0, 0.1) is 5.92 Å². The van der Waals surface area contributed by atoms with E-state index in [1.165, 1.54) is 12.0 Å². The molecule has 4 heteroatoms. The molecule has 62 valence electrons. The zero-order valence-electron chi connectivity index (χ0n) is 6.42. The van der Waals surface area contributed by atoms with E-state index in [4.69, 9.17) is 5.73 Å². The van der Waals surface area contributed by atoms with Gasteiger partial charge < -0.3 is 11.2 Å². The molecule has 2 unspecified atom stereocenters. The summed E-state index contributed by atoms with van der Waals surface area (Å²) in [5.74, 6) is 0.252. The first-order chi connectivity index (χ1) is 5.77. The number of primary amides is 1. The van der Waals surface area contributed by atoms with Crippen LogP contribution in [0.4, 0.5) is 0 Å². The summed E-state index contributed by atoms with van der Waals surface area (Å²) in [6.07, 6.45) is 3.26. The van der Waals surface area contributed by atoms with E-state index in [-0.39, 0.29) is 5.91 Å². The lowest BCUT2D eigenvalue weighted by atomic mass is 10.1. The van der Waals surface area contributed by atoms with Gasteiger partial charge in [-0.3, -0.25) is 4.79 Å². The molecule has 0 aromatic rings. The number of hydrogen-bond acceptors (Lipinski definition) is 3. The topological polar surface area (TPSA) is 67.2 Å². The van der Waals surface area contributed by atoms with E-state index >= 15 is 0 Å². The summed E-state index contributed by atoms with van der Waals surface area (Å²) in [7, 11) is 0. The predicted molar refractivity (Wildman–Crippen MR) is 42.5 cm³/mol. The molecule has 2 aliphatic carbocycles. The second kappa shape index (κ2) is 1.72. The highest BCUT2D eigenvalue weighted by atomic mass is 16.1. The number of nitrogens with two attached hydrogens (primary N) is 1. The summed E-state index contributed by atoms with van der Waals surface area (Å²) in [6, 6.07) is 0.308. The van der Waals surface area contributed by atoms with Gasteiger partial charge in [0.25, 0.3) is 5.91 Å². The smallest absolute Gasteiger partial charge is 0.266 e. The van der Waals surface area contributed by atoms with Crippen molar-refractivity contribution in [3.05, 3.63) is 22.9 Å². The van der Waals surface area contributed by atoms with Gasteiger partial charge in [0.2, 0.25) is 0 Å². The maximum absolute atomic E-state index is 10.9. The molecule has 0 saturated heterocycles. The standard InChI is InChI=1S/C8H9N3O/c9-8(12)7-5-2-3-1-4(3)6(5)10-11-7/h2,4,6,10-11H,1H2,(H2,9,12). The number of fused-ring (bicyclic) bond motifs is 3. The molecular weight excluding hydrogens is 154 g/mol. The van der Waals surface area contributed by atoms with Gasteiger partial charge in [-0.05, 0) is 6.42 Å². The van der Waals surface area contributed by atoms with Crippen LogP contribution in [0.15, 0.2) is 22.9 Å². The Morgan fingerprint density at radius 3 is 3.25 bits per heavy atom. The third-order valence-corrected chi connectivity index (χ3v) is 2.74. The van der Waals surface area contributed by atoms with Crippen molar-refractivity contribution in [1.29, 1.82) is 0 Å². The molecular formula is C8H9N3O. The number of carbonyl (C=O) groups is 1. The van der Waals surface area contributed by atoms with E-state index < -0.39 is 0 Å². The van der Waals surface area contributed by atoms with Crippen molar-refractivity contribution in [2.75, 3.05) is 0 Å². The van der Waals surface area contributed by atoms with Crippen LogP contribution in [0.25, 0.3) is 0 Å². The first kappa shape index (κ1) is 6.25. The molecule has 4 N–H and O–H groups in total. The average Bonchev–Trinajstić information content (AvgIpc) is 2.54. The highest BCUT2D eigenvalue weighted by Gasteiger charge is 2.47. The Labute approximate surface area is 69.5 Å². The van der Waals surface area contributed by atoms with Crippen LogP contribution in [-0.4, -0.2) is 11.9 Å². The molecule has 0 aromatic carbocycles. The van der Waals surface area contributed by atoms with Crippen LogP contribution >= 0.6 is 0 Å². The monoisotopic (exact) mass is 163 g/mol. The highest BCUT2D eigenvalue weighted by Crippen LogP contribution is 2.50. The molecule has 3 rings (SSSR count). The van der Waals surface area contributed by atoms with Crippen molar-refractivity contribution in [3.63, 3.8) is 0 Å². The molecule has 1 saturated carbocycles. The molecule has 1 aliphatic heterocycles. The normalized spacial score (nSPS) is 35.5. The first-order valence-corrected chi connectivity index (χ1v) is 4.03. The third kappa shape index (κ3) is 0.587. The Kier molecular flexibility index (Phi) is 0.895. The summed E-state index contributed by atoms with van der Waals surface area (Å²) >= 11 is 0. The lowest BCUT2D eigenvalue weighted by Crippen LogP contribution is -2.35.